The molecule has 13 heavy (non-hydrogen) atoms. The zero-order chi connectivity index (χ0) is 9.26. The molecule has 0 aliphatic carbocycles. The van der Waals surface area contributed by atoms with Crippen LogP contribution in [0.3, 0.4) is 0 Å². The van der Waals surface area contributed by atoms with Crippen LogP contribution < -0.4 is 10.9 Å². The third-order valence-corrected chi connectivity index (χ3v) is 2.40. The molecule has 0 radical (unpaired) electrons. The van der Waals surface area contributed by atoms with Crippen molar-refractivity contribution in [3.8, 4) is 0 Å². The molecule has 0 saturated heterocycles. The first-order valence-electron chi connectivity index (χ1n) is 4.67. The van der Waals surface area contributed by atoms with Gasteiger partial charge in [-0.05, 0) is 19.3 Å². The van der Waals surface area contributed by atoms with Crippen molar-refractivity contribution in [1.82, 2.24) is 10.2 Å². The third kappa shape index (κ3) is 1.32. The van der Waals surface area contributed by atoms with Gasteiger partial charge in [0.05, 0.1) is 11.4 Å². The molecule has 4 heteroatoms. The molecule has 72 valence electrons. The second-order valence-corrected chi connectivity index (χ2v) is 3.24. The lowest BCUT2D eigenvalue weighted by molar-refractivity contribution is 0.776. The second-order valence-electron chi connectivity index (χ2n) is 3.24. The number of nitrogens with zero attached hydrogens (tertiary/aromatic N) is 1. The van der Waals surface area contributed by atoms with E-state index in [2.05, 4.69) is 15.5 Å². The van der Waals surface area contributed by atoms with Crippen molar-refractivity contribution in [2.75, 3.05) is 11.9 Å². The standard InChI is InChI=1S/C9H13N3O.H2/c1-2-7-8-6(4-3-5-10-8)9(13)12-11-7;/h10H,2-5H2,1H3,(H,12,13);1H. The van der Waals surface area contributed by atoms with Gasteiger partial charge in [-0.15, -0.1) is 0 Å². The average molecular weight is 181 g/mol. The number of hydrogen-bond donors (Lipinski definition) is 2. The summed E-state index contributed by atoms with van der Waals surface area (Å²) < 4.78 is 0. The predicted molar refractivity (Wildman–Crippen MR) is 53.2 cm³/mol. The summed E-state index contributed by atoms with van der Waals surface area (Å²) in [5.41, 5.74) is 2.77. The molecule has 0 atom stereocenters. The molecule has 2 heterocycles. The van der Waals surface area contributed by atoms with Crippen LogP contribution in [0.1, 0.15) is 26.0 Å². The second kappa shape index (κ2) is 3.20. The molecule has 1 aromatic rings. The molecule has 1 aliphatic heterocycles. The summed E-state index contributed by atoms with van der Waals surface area (Å²) in [7, 11) is 0. The molecule has 2 N–H and O–H groups in total. The van der Waals surface area contributed by atoms with E-state index in [1.54, 1.807) is 0 Å². The van der Waals surface area contributed by atoms with E-state index in [0.717, 1.165) is 42.8 Å². The van der Waals surface area contributed by atoms with Crippen LogP contribution in [0.5, 0.6) is 0 Å². The van der Waals surface area contributed by atoms with Crippen LogP contribution in [0.25, 0.3) is 0 Å². The van der Waals surface area contributed by atoms with Crippen molar-refractivity contribution in [2.24, 2.45) is 0 Å². The topological polar surface area (TPSA) is 57.8 Å². The minimum absolute atomic E-state index is 0. The molecule has 0 spiro atoms. The highest BCUT2D eigenvalue weighted by Crippen LogP contribution is 2.20. The number of aromatic amines is 1. The smallest absolute Gasteiger partial charge is 0.269 e. The van der Waals surface area contributed by atoms with Gasteiger partial charge in [0.2, 0.25) is 0 Å². The fraction of sp³-hybridized carbons (Fsp3) is 0.556. The molecule has 0 saturated carbocycles. The minimum Gasteiger partial charge on any atom is -0.383 e. The Morgan fingerprint density at radius 1 is 1.62 bits per heavy atom. The number of fused-ring (bicyclic) bond motifs is 1. The van der Waals surface area contributed by atoms with E-state index in [-0.39, 0.29) is 6.99 Å². The molecule has 0 amide bonds. The van der Waals surface area contributed by atoms with Gasteiger partial charge in [0.25, 0.3) is 5.56 Å². The number of aromatic nitrogens is 2. The van der Waals surface area contributed by atoms with Gasteiger partial charge in [0.15, 0.2) is 0 Å². The van der Waals surface area contributed by atoms with E-state index < -0.39 is 0 Å². The lowest BCUT2D eigenvalue weighted by atomic mass is 10.0. The monoisotopic (exact) mass is 181 g/mol. The minimum atomic E-state index is -0.0422. The van der Waals surface area contributed by atoms with Gasteiger partial charge in [0.1, 0.15) is 0 Å². The summed E-state index contributed by atoms with van der Waals surface area (Å²) in [6.07, 6.45) is 2.75. The van der Waals surface area contributed by atoms with Gasteiger partial charge in [0, 0.05) is 13.5 Å². The zero-order valence-corrected chi connectivity index (χ0v) is 7.68. The molecule has 4 nitrogen and oxygen atoms in total. The van der Waals surface area contributed by atoms with Crippen LogP contribution in [-0.4, -0.2) is 16.7 Å². The Balaban J connectivity index is 0.000000980. The number of nitrogens with one attached hydrogen (secondary N) is 2. The summed E-state index contributed by atoms with van der Waals surface area (Å²) in [6.45, 7) is 2.99. The summed E-state index contributed by atoms with van der Waals surface area (Å²) in [5, 5.41) is 9.78. The highest BCUT2D eigenvalue weighted by atomic mass is 16.1. The van der Waals surface area contributed by atoms with Crippen molar-refractivity contribution >= 4 is 5.69 Å². The maximum Gasteiger partial charge on any atom is 0.269 e. The van der Waals surface area contributed by atoms with Crippen LogP contribution in [-0.2, 0) is 12.8 Å². The van der Waals surface area contributed by atoms with Gasteiger partial charge in [-0.2, -0.15) is 5.10 Å². The van der Waals surface area contributed by atoms with E-state index in [1.165, 1.54) is 0 Å². The lowest BCUT2D eigenvalue weighted by Gasteiger charge is -2.18. The Bertz CT molecular complexity index is 375. The van der Waals surface area contributed by atoms with Crippen molar-refractivity contribution in [3.63, 3.8) is 0 Å². The molecular formula is C9H15N3O. The maximum atomic E-state index is 11.4. The van der Waals surface area contributed by atoms with Crippen molar-refractivity contribution in [3.05, 3.63) is 21.6 Å². The highest BCUT2D eigenvalue weighted by Gasteiger charge is 2.15. The van der Waals surface area contributed by atoms with Crippen molar-refractivity contribution < 1.29 is 1.43 Å². The number of anilines is 1. The number of aryl methyl sites for hydroxylation is 1. The fourth-order valence-corrected chi connectivity index (χ4v) is 1.71. The van der Waals surface area contributed by atoms with Gasteiger partial charge in [-0.3, -0.25) is 4.79 Å². The summed E-state index contributed by atoms with van der Waals surface area (Å²) in [4.78, 5) is 11.4. The molecule has 0 fully saturated rings. The molecule has 0 bridgehead atoms. The van der Waals surface area contributed by atoms with Crippen molar-refractivity contribution in [2.45, 2.75) is 26.2 Å². The maximum absolute atomic E-state index is 11.4. The quantitative estimate of drug-likeness (QED) is 0.677. The van der Waals surface area contributed by atoms with Gasteiger partial charge >= 0.3 is 0 Å². The van der Waals surface area contributed by atoms with Gasteiger partial charge < -0.3 is 5.32 Å². The molecule has 1 aromatic heterocycles. The lowest BCUT2D eigenvalue weighted by Crippen LogP contribution is -2.24. The van der Waals surface area contributed by atoms with E-state index in [4.69, 9.17) is 0 Å². The summed E-state index contributed by atoms with van der Waals surface area (Å²) in [5.74, 6) is 0. The summed E-state index contributed by atoms with van der Waals surface area (Å²) >= 11 is 0. The average Bonchev–Trinajstić information content (AvgIpc) is 2.19. The first-order chi connectivity index (χ1) is 6.33. The van der Waals surface area contributed by atoms with E-state index in [9.17, 15) is 4.79 Å². The number of rotatable bonds is 1. The van der Waals surface area contributed by atoms with Crippen LogP contribution in [0.15, 0.2) is 4.79 Å². The Morgan fingerprint density at radius 3 is 3.23 bits per heavy atom. The molecule has 0 unspecified atom stereocenters. The highest BCUT2D eigenvalue weighted by molar-refractivity contribution is 5.55. The molecule has 1 aliphatic rings. The van der Waals surface area contributed by atoms with Crippen LogP contribution >= 0.6 is 0 Å². The normalized spacial score (nSPS) is 14.8. The molecule has 2 rings (SSSR count). The van der Waals surface area contributed by atoms with Crippen LogP contribution in [0, 0.1) is 0 Å². The molecular weight excluding hydrogens is 166 g/mol. The van der Waals surface area contributed by atoms with Gasteiger partial charge in [-0.1, -0.05) is 6.92 Å². The first-order valence-corrected chi connectivity index (χ1v) is 4.67. The Hall–Kier alpha value is -1.32. The fourth-order valence-electron chi connectivity index (χ4n) is 1.71. The first kappa shape index (κ1) is 8.29. The van der Waals surface area contributed by atoms with E-state index in [1.807, 2.05) is 6.92 Å². The summed E-state index contributed by atoms with van der Waals surface area (Å²) in [6, 6.07) is 0. The third-order valence-electron chi connectivity index (χ3n) is 2.40. The predicted octanol–water partition coefficient (Wildman–Crippen LogP) is 0.936. The Labute approximate surface area is 77.9 Å². The Kier molecular flexibility index (Phi) is 2.04. The number of hydrogen-bond acceptors (Lipinski definition) is 3. The van der Waals surface area contributed by atoms with Crippen molar-refractivity contribution in [1.29, 1.82) is 0 Å². The SMILES string of the molecule is CCc1n[nH]c(=O)c2c1NCCC2.[HH]. The zero-order valence-electron chi connectivity index (χ0n) is 7.68. The number of H-pyrrole nitrogens is 1. The van der Waals surface area contributed by atoms with Crippen LogP contribution in [0.4, 0.5) is 5.69 Å². The Morgan fingerprint density at radius 2 is 2.46 bits per heavy atom. The van der Waals surface area contributed by atoms with Crippen LogP contribution in [0.2, 0.25) is 0 Å². The van der Waals surface area contributed by atoms with E-state index >= 15 is 0 Å². The largest absolute Gasteiger partial charge is 0.383 e. The van der Waals surface area contributed by atoms with E-state index in [0.29, 0.717) is 0 Å². The molecule has 0 aromatic carbocycles. The van der Waals surface area contributed by atoms with Gasteiger partial charge in [-0.25, -0.2) is 5.10 Å².